The Morgan fingerprint density at radius 2 is 2.22 bits per heavy atom. The molecule has 1 rings (SSSR count). The van der Waals surface area contributed by atoms with E-state index in [4.69, 9.17) is 4.74 Å². The van der Waals surface area contributed by atoms with E-state index in [1.54, 1.807) is 6.07 Å². The van der Waals surface area contributed by atoms with Crippen LogP contribution in [0.2, 0.25) is 0 Å². The van der Waals surface area contributed by atoms with E-state index >= 15 is 0 Å². The van der Waals surface area contributed by atoms with Gasteiger partial charge in [0, 0.05) is 17.3 Å². The number of alkyl halides is 1. The van der Waals surface area contributed by atoms with Crippen molar-refractivity contribution in [1.82, 2.24) is 0 Å². The molecule has 0 aliphatic heterocycles. The minimum atomic E-state index is -0.522. The van der Waals surface area contributed by atoms with Gasteiger partial charge in [0.1, 0.15) is 11.6 Å². The van der Waals surface area contributed by atoms with Crippen LogP contribution >= 0.6 is 15.9 Å². The first-order valence-electron chi connectivity index (χ1n) is 6.07. The number of Topliss-reactive ketones (excluding diaryl/α,β-unsaturated/α-hetero) is 1. The molecular weight excluding hydrogens is 299 g/mol. The number of carbonyl (C=O) groups is 1. The maximum atomic E-state index is 13.5. The molecule has 1 atom stereocenters. The van der Waals surface area contributed by atoms with Gasteiger partial charge in [-0.25, -0.2) is 4.39 Å². The lowest BCUT2D eigenvalue weighted by Crippen LogP contribution is -2.13. The van der Waals surface area contributed by atoms with Crippen molar-refractivity contribution in [2.45, 2.75) is 26.7 Å². The Bertz CT molecular complexity index is 407. The van der Waals surface area contributed by atoms with E-state index in [9.17, 15) is 9.18 Å². The summed E-state index contributed by atoms with van der Waals surface area (Å²) < 4.78 is 19.1. The Morgan fingerprint density at radius 1 is 1.50 bits per heavy atom. The van der Waals surface area contributed by atoms with Crippen LogP contribution in [0.5, 0.6) is 5.75 Å². The summed E-state index contributed by atoms with van der Waals surface area (Å²) in [6, 6.07) is 4.38. The van der Waals surface area contributed by atoms with Gasteiger partial charge in [0.05, 0.1) is 12.2 Å². The molecule has 0 aromatic heterocycles. The Kier molecular flexibility index (Phi) is 6.33. The summed E-state index contributed by atoms with van der Waals surface area (Å²) in [7, 11) is 0. The number of hydrogen-bond acceptors (Lipinski definition) is 2. The van der Waals surface area contributed by atoms with Crippen molar-refractivity contribution >= 4 is 21.7 Å². The van der Waals surface area contributed by atoms with Crippen molar-refractivity contribution in [3.63, 3.8) is 0 Å². The topological polar surface area (TPSA) is 26.3 Å². The third-order valence-electron chi connectivity index (χ3n) is 2.72. The summed E-state index contributed by atoms with van der Waals surface area (Å²) in [5.74, 6) is 0.0966. The highest BCUT2D eigenvalue weighted by Gasteiger charge is 2.10. The highest BCUT2D eigenvalue weighted by Crippen LogP contribution is 2.19. The molecule has 4 heteroatoms. The fourth-order valence-corrected chi connectivity index (χ4v) is 2.21. The van der Waals surface area contributed by atoms with E-state index in [0.717, 1.165) is 18.2 Å². The molecular formula is C14H18BrFO2. The summed E-state index contributed by atoms with van der Waals surface area (Å²) in [6.45, 7) is 4.02. The van der Waals surface area contributed by atoms with Gasteiger partial charge in [0.15, 0.2) is 5.78 Å². The molecule has 0 heterocycles. The molecule has 0 fully saturated rings. The van der Waals surface area contributed by atoms with Gasteiger partial charge in [-0.2, -0.15) is 0 Å². The smallest absolute Gasteiger partial charge is 0.162 e. The second-order valence-electron chi connectivity index (χ2n) is 4.32. The number of ether oxygens (including phenoxy) is 1. The summed E-state index contributed by atoms with van der Waals surface area (Å²) >= 11 is 3.44. The lowest BCUT2D eigenvalue weighted by molar-refractivity contribution is 0.101. The van der Waals surface area contributed by atoms with Crippen molar-refractivity contribution in [3.8, 4) is 5.75 Å². The van der Waals surface area contributed by atoms with Gasteiger partial charge in [-0.3, -0.25) is 4.79 Å². The third-order valence-corrected chi connectivity index (χ3v) is 3.64. The zero-order valence-corrected chi connectivity index (χ0v) is 12.3. The van der Waals surface area contributed by atoms with Gasteiger partial charge < -0.3 is 4.74 Å². The normalized spacial score (nSPS) is 12.2. The van der Waals surface area contributed by atoms with Crippen LogP contribution in [0, 0.1) is 11.7 Å². The monoisotopic (exact) mass is 316 g/mol. The zero-order valence-electron chi connectivity index (χ0n) is 10.7. The average Bonchev–Trinajstić information content (AvgIpc) is 2.34. The molecule has 0 aliphatic rings. The van der Waals surface area contributed by atoms with Crippen LogP contribution in [0.25, 0.3) is 0 Å². The quantitative estimate of drug-likeness (QED) is 0.556. The lowest BCUT2D eigenvalue weighted by atomic mass is 10.1. The van der Waals surface area contributed by atoms with Gasteiger partial charge in [-0.15, -0.1) is 0 Å². The van der Waals surface area contributed by atoms with Crippen molar-refractivity contribution in [2.24, 2.45) is 5.92 Å². The minimum Gasteiger partial charge on any atom is -0.493 e. The number of rotatable bonds is 7. The Morgan fingerprint density at radius 3 is 2.72 bits per heavy atom. The molecule has 1 unspecified atom stereocenters. The van der Waals surface area contributed by atoms with Crippen molar-refractivity contribution in [2.75, 3.05) is 11.9 Å². The molecule has 1 aromatic rings. The maximum absolute atomic E-state index is 13.5. The SMILES string of the molecule is CCCC(CBr)COc1ccc(C(C)=O)c(F)c1. The van der Waals surface area contributed by atoms with Crippen LogP contribution in [0.3, 0.4) is 0 Å². The average molecular weight is 317 g/mol. The molecule has 100 valence electrons. The summed E-state index contributed by atoms with van der Waals surface area (Å²) in [4.78, 5) is 11.1. The van der Waals surface area contributed by atoms with E-state index in [2.05, 4.69) is 22.9 Å². The summed E-state index contributed by atoms with van der Waals surface area (Å²) in [6.07, 6.45) is 2.16. The van der Waals surface area contributed by atoms with Crippen molar-refractivity contribution in [1.29, 1.82) is 0 Å². The predicted molar refractivity (Wildman–Crippen MR) is 74.1 cm³/mol. The number of halogens is 2. The van der Waals surface area contributed by atoms with E-state index < -0.39 is 5.82 Å². The minimum absolute atomic E-state index is 0.105. The first kappa shape index (κ1) is 15.2. The van der Waals surface area contributed by atoms with Crippen LogP contribution in [0.1, 0.15) is 37.0 Å². The first-order chi connectivity index (χ1) is 8.58. The molecule has 0 radical (unpaired) electrons. The fourth-order valence-electron chi connectivity index (χ4n) is 1.70. The number of carbonyl (C=O) groups excluding carboxylic acids is 1. The molecule has 0 N–H and O–H groups in total. The van der Waals surface area contributed by atoms with Gasteiger partial charge in [-0.05, 0) is 25.5 Å². The second kappa shape index (κ2) is 7.52. The molecule has 0 aliphatic carbocycles. The fraction of sp³-hybridized carbons (Fsp3) is 0.500. The molecule has 2 nitrogen and oxygen atoms in total. The first-order valence-corrected chi connectivity index (χ1v) is 7.19. The van der Waals surface area contributed by atoms with Crippen molar-refractivity contribution in [3.05, 3.63) is 29.6 Å². The second-order valence-corrected chi connectivity index (χ2v) is 4.97. The Hall–Kier alpha value is -0.900. The molecule has 0 bridgehead atoms. The van der Waals surface area contributed by atoms with Crippen LogP contribution in [0.4, 0.5) is 4.39 Å². The summed E-state index contributed by atoms with van der Waals surface area (Å²) in [5, 5.41) is 0.870. The summed E-state index contributed by atoms with van der Waals surface area (Å²) in [5.41, 5.74) is 0.105. The maximum Gasteiger partial charge on any atom is 0.162 e. The Labute approximate surface area is 116 Å². The van der Waals surface area contributed by atoms with Crippen LogP contribution in [-0.4, -0.2) is 17.7 Å². The van der Waals surface area contributed by atoms with Crippen molar-refractivity contribution < 1.29 is 13.9 Å². The third kappa shape index (κ3) is 4.41. The molecule has 0 saturated carbocycles. The molecule has 0 amide bonds. The van der Waals surface area contributed by atoms with E-state index in [1.165, 1.54) is 19.1 Å². The van der Waals surface area contributed by atoms with E-state index in [-0.39, 0.29) is 11.3 Å². The lowest BCUT2D eigenvalue weighted by Gasteiger charge is -2.14. The van der Waals surface area contributed by atoms with Crippen LogP contribution in [-0.2, 0) is 0 Å². The van der Waals surface area contributed by atoms with Gasteiger partial charge in [-0.1, -0.05) is 29.3 Å². The highest BCUT2D eigenvalue weighted by atomic mass is 79.9. The largest absolute Gasteiger partial charge is 0.493 e. The standard InChI is InChI=1S/C14H18BrFO2/c1-3-4-11(8-15)9-18-12-5-6-13(10(2)17)14(16)7-12/h5-7,11H,3-4,8-9H2,1-2H3. The predicted octanol–water partition coefficient (Wildman–Crippen LogP) is 4.22. The zero-order chi connectivity index (χ0) is 13.5. The number of hydrogen-bond donors (Lipinski definition) is 0. The number of ketones is 1. The molecule has 1 aromatic carbocycles. The van der Waals surface area contributed by atoms with Gasteiger partial charge in [0.2, 0.25) is 0 Å². The molecule has 0 saturated heterocycles. The highest BCUT2D eigenvalue weighted by molar-refractivity contribution is 9.09. The molecule has 18 heavy (non-hydrogen) atoms. The van der Waals surface area contributed by atoms with E-state index in [1.807, 2.05) is 0 Å². The Balaban J connectivity index is 2.63. The number of benzene rings is 1. The van der Waals surface area contributed by atoms with Crippen LogP contribution < -0.4 is 4.74 Å². The van der Waals surface area contributed by atoms with Gasteiger partial charge >= 0.3 is 0 Å². The van der Waals surface area contributed by atoms with Crippen LogP contribution in [0.15, 0.2) is 18.2 Å². The van der Waals surface area contributed by atoms with Gasteiger partial charge in [0.25, 0.3) is 0 Å². The van der Waals surface area contributed by atoms with E-state index in [0.29, 0.717) is 18.3 Å². The molecule has 0 spiro atoms.